The minimum atomic E-state index is -0.169. The fourth-order valence-electron chi connectivity index (χ4n) is 2.96. The molecule has 5 nitrogen and oxygen atoms in total. The number of ether oxygens (including phenoxy) is 2. The summed E-state index contributed by atoms with van der Waals surface area (Å²) in [6.45, 7) is 10.6. The standard InChI is InChI=1S/C16H29N3O2/c1-7-19(8-2)16(3,4)15(18-17)13-11-12(20-5)9-10-14(13)21-6/h9-11,15,18H,7-8,17H2,1-6H3. The van der Waals surface area contributed by atoms with Gasteiger partial charge in [-0.3, -0.25) is 16.2 Å². The Balaban J connectivity index is 3.31. The van der Waals surface area contributed by atoms with E-state index in [-0.39, 0.29) is 11.6 Å². The molecule has 0 saturated carbocycles. The van der Waals surface area contributed by atoms with E-state index in [9.17, 15) is 0 Å². The van der Waals surface area contributed by atoms with Crippen molar-refractivity contribution < 1.29 is 9.47 Å². The summed E-state index contributed by atoms with van der Waals surface area (Å²) >= 11 is 0. The average molecular weight is 295 g/mol. The van der Waals surface area contributed by atoms with Crippen LogP contribution in [0, 0.1) is 0 Å². The lowest BCUT2D eigenvalue weighted by Gasteiger charge is -2.43. The van der Waals surface area contributed by atoms with E-state index in [0.29, 0.717) is 0 Å². The van der Waals surface area contributed by atoms with Crippen molar-refractivity contribution >= 4 is 0 Å². The van der Waals surface area contributed by atoms with E-state index in [4.69, 9.17) is 15.3 Å². The lowest BCUT2D eigenvalue weighted by Crippen LogP contribution is -2.54. The van der Waals surface area contributed by atoms with E-state index < -0.39 is 0 Å². The van der Waals surface area contributed by atoms with Crippen molar-refractivity contribution in [3.63, 3.8) is 0 Å². The molecule has 3 N–H and O–H groups in total. The second kappa shape index (κ2) is 7.64. The number of methoxy groups -OCH3 is 2. The first-order valence-electron chi connectivity index (χ1n) is 7.39. The van der Waals surface area contributed by atoms with Crippen LogP contribution in [0.1, 0.15) is 39.3 Å². The van der Waals surface area contributed by atoms with Crippen LogP contribution < -0.4 is 20.7 Å². The molecule has 0 spiro atoms. The maximum Gasteiger partial charge on any atom is 0.124 e. The van der Waals surface area contributed by atoms with Crippen LogP contribution >= 0.6 is 0 Å². The first-order chi connectivity index (χ1) is 9.95. The van der Waals surface area contributed by atoms with Gasteiger partial charge in [-0.1, -0.05) is 13.8 Å². The molecule has 0 aromatic heterocycles. The highest BCUT2D eigenvalue weighted by Gasteiger charge is 2.36. The van der Waals surface area contributed by atoms with Gasteiger partial charge in [0.25, 0.3) is 0 Å². The fourth-order valence-corrected chi connectivity index (χ4v) is 2.96. The van der Waals surface area contributed by atoms with E-state index in [1.807, 2.05) is 18.2 Å². The van der Waals surface area contributed by atoms with E-state index in [2.05, 4.69) is 38.0 Å². The van der Waals surface area contributed by atoms with Crippen LogP contribution in [0.25, 0.3) is 0 Å². The summed E-state index contributed by atoms with van der Waals surface area (Å²) in [5.74, 6) is 7.48. The largest absolute Gasteiger partial charge is 0.497 e. The maximum absolute atomic E-state index is 5.88. The van der Waals surface area contributed by atoms with Crippen LogP contribution in [0.15, 0.2) is 18.2 Å². The minimum absolute atomic E-state index is 0.0811. The highest BCUT2D eigenvalue weighted by Crippen LogP contribution is 2.37. The van der Waals surface area contributed by atoms with E-state index >= 15 is 0 Å². The van der Waals surface area contributed by atoms with Gasteiger partial charge in [0.15, 0.2) is 0 Å². The molecule has 1 aromatic carbocycles. The quantitative estimate of drug-likeness (QED) is 0.569. The van der Waals surface area contributed by atoms with Crippen molar-refractivity contribution in [1.82, 2.24) is 10.3 Å². The van der Waals surface area contributed by atoms with E-state index in [1.165, 1.54) is 0 Å². The second-order valence-electron chi connectivity index (χ2n) is 5.53. The third-order valence-corrected chi connectivity index (χ3v) is 4.20. The van der Waals surface area contributed by atoms with E-state index in [0.717, 1.165) is 30.2 Å². The zero-order valence-electron chi connectivity index (χ0n) is 14.1. The number of hydrogen-bond donors (Lipinski definition) is 2. The van der Waals surface area contributed by atoms with Gasteiger partial charge in [-0.2, -0.15) is 0 Å². The van der Waals surface area contributed by atoms with Gasteiger partial charge >= 0.3 is 0 Å². The fraction of sp³-hybridized carbons (Fsp3) is 0.625. The third kappa shape index (κ3) is 3.67. The summed E-state index contributed by atoms with van der Waals surface area (Å²) in [5, 5.41) is 0. The van der Waals surface area contributed by atoms with Gasteiger partial charge < -0.3 is 9.47 Å². The van der Waals surface area contributed by atoms with Gasteiger partial charge in [-0.15, -0.1) is 0 Å². The Morgan fingerprint density at radius 1 is 1.19 bits per heavy atom. The van der Waals surface area contributed by atoms with Crippen LogP contribution in [0.2, 0.25) is 0 Å². The van der Waals surface area contributed by atoms with Crippen molar-refractivity contribution in [2.75, 3.05) is 27.3 Å². The van der Waals surface area contributed by atoms with Crippen molar-refractivity contribution in [1.29, 1.82) is 0 Å². The lowest BCUT2D eigenvalue weighted by atomic mass is 9.86. The summed E-state index contributed by atoms with van der Waals surface area (Å²) in [4.78, 5) is 2.37. The van der Waals surface area contributed by atoms with E-state index in [1.54, 1.807) is 14.2 Å². The zero-order chi connectivity index (χ0) is 16.0. The molecule has 0 aliphatic rings. The van der Waals surface area contributed by atoms with Crippen molar-refractivity contribution in [2.24, 2.45) is 5.84 Å². The Kier molecular flexibility index (Phi) is 6.45. The molecule has 0 amide bonds. The Morgan fingerprint density at radius 2 is 1.81 bits per heavy atom. The van der Waals surface area contributed by atoms with Crippen LogP contribution in [-0.4, -0.2) is 37.7 Å². The smallest absolute Gasteiger partial charge is 0.124 e. The molecule has 5 heteroatoms. The Morgan fingerprint density at radius 3 is 2.24 bits per heavy atom. The molecule has 0 bridgehead atoms. The SMILES string of the molecule is CCN(CC)C(C)(C)C(NN)c1cc(OC)ccc1OC. The number of hydrazine groups is 1. The highest BCUT2D eigenvalue weighted by molar-refractivity contribution is 5.43. The molecular weight excluding hydrogens is 266 g/mol. The number of likely N-dealkylation sites (N-methyl/N-ethyl adjacent to an activating group) is 1. The van der Waals surface area contributed by atoms with Crippen molar-refractivity contribution in [2.45, 2.75) is 39.3 Å². The summed E-state index contributed by atoms with van der Waals surface area (Å²) < 4.78 is 10.8. The van der Waals surface area contributed by atoms with Crippen molar-refractivity contribution in [3.05, 3.63) is 23.8 Å². The first kappa shape index (κ1) is 17.8. The monoisotopic (exact) mass is 295 g/mol. The molecular formula is C16H29N3O2. The zero-order valence-corrected chi connectivity index (χ0v) is 14.1. The Labute approximate surface area is 128 Å². The summed E-state index contributed by atoms with van der Waals surface area (Å²) in [6, 6.07) is 5.70. The third-order valence-electron chi connectivity index (χ3n) is 4.20. The van der Waals surface area contributed by atoms with Gasteiger partial charge in [0.1, 0.15) is 11.5 Å². The van der Waals surface area contributed by atoms with Crippen LogP contribution in [0.3, 0.4) is 0 Å². The molecule has 1 unspecified atom stereocenters. The second-order valence-corrected chi connectivity index (χ2v) is 5.53. The molecule has 0 fully saturated rings. The number of nitrogens with one attached hydrogen (secondary N) is 1. The number of nitrogens with two attached hydrogens (primary N) is 1. The first-order valence-corrected chi connectivity index (χ1v) is 7.39. The lowest BCUT2D eigenvalue weighted by molar-refractivity contribution is 0.0900. The predicted molar refractivity (Wildman–Crippen MR) is 86.6 cm³/mol. The van der Waals surface area contributed by atoms with Gasteiger partial charge in [-0.05, 0) is 45.1 Å². The molecule has 0 aliphatic carbocycles. The normalized spacial score (nSPS) is 13.3. The number of benzene rings is 1. The molecule has 21 heavy (non-hydrogen) atoms. The number of hydrogen-bond acceptors (Lipinski definition) is 5. The predicted octanol–water partition coefficient (Wildman–Crippen LogP) is 2.33. The van der Waals surface area contributed by atoms with Crippen LogP contribution in [0.5, 0.6) is 11.5 Å². The van der Waals surface area contributed by atoms with Gasteiger partial charge in [0.05, 0.1) is 20.3 Å². The Bertz CT molecular complexity index is 445. The molecule has 1 rings (SSSR count). The van der Waals surface area contributed by atoms with Crippen molar-refractivity contribution in [3.8, 4) is 11.5 Å². The van der Waals surface area contributed by atoms with Gasteiger partial charge in [0, 0.05) is 11.1 Å². The molecule has 120 valence electrons. The van der Waals surface area contributed by atoms with Crippen LogP contribution in [0.4, 0.5) is 0 Å². The molecule has 0 aliphatic heterocycles. The molecule has 0 saturated heterocycles. The molecule has 1 aromatic rings. The average Bonchev–Trinajstić information content (AvgIpc) is 2.48. The molecule has 1 atom stereocenters. The maximum atomic E-state index is 5.88. The highest BCUT2D eigenvalue weighted by atomic mass is 16.5. The summed E-state index contributed by atoms with van der Waals surface area (Å²) in [5.41, 5.74) is 3.78. The Hall–Kier alpha value is -1.30. The topological polar surface area (TPSA) is 59.8 Å². The van der Waals surface area contributed by atoms with Gasteiger partial charge in [0.2, 0.25) is 0 Å². The number of rotatable bonds is 8. The summed E-state index contributed by atoms with van der Waals surface area (Å²) in [7, 11) is 3.33. The number of nitrogens with zero attached hydrogens (tertiary/aromatic N) is 1. The minimum Gasteiger partial charge on any atom is -0.497 e. The summed E-state index contributed by atoms with van der Waals surface area (Å²) in [6.07, 6.45) is 0. The van der Waals surface area contributed by atoms with Gasteiger partial charge in [-0.25, -0.2) is 0 Å². The molecule has 0 radical (unpaired) electrons. The molecule has 0 heterocycles. The van der Waals surface area contributed by atoms with Crippen LogP contribution in [-0.2, 0) is 0 Å².